The number of allylic oxidation sites excluding steroid dienone is 1. The van der Waals surface area contributed by atoms with E-state index in [1.54, 1.807) is 0 Å². The van der Waals surface area contributed by atoms with Gasteiger partial charge in [-0.25, -0.2) is 9.21 Å². The van der Waals surface area contributed by atoms with Crippen LogP contribution in [0.3, 0.4) is 0 Å². The van der Waals surface area contributed by atoms with Crippen molar-refractivity contribution < 1.29 is 14.3 Å². The zero-order valence-electron chi connectivity index (χ0n) is 9.03. The van der Waals surface area contributed by atoms with E-state index in [2.05, 4.69) is 0 Å². The number of hydrogen-bond donors (Lipinski definition) is 0. The molecule has 0 aromatic rings. The maximum absolute atomic E-state index is 11.1. The summed E-state index contributed by atoms with van der Waals surface area (Å²) < 4.78 is 11.4. The van der Waals surface area contributed by atoms with Crippen LogP contribution < -0.4 is 0 Å². The van der Waals surface area contributed by atoms with Crippen molar-refractivity contribution in [2.24, 2.45) is 0 Å². The first-order valence-corrected chi connectivity index (χ1v) is 5.32. The van der Waals surface area contributed by atoms with Crippen LogP contribution in [-0.2, 0) is 9.47 Å². The molecule has 15 heavy (non-hydrogen) atoms. The maximum Gasteiger partial charge on any atom is 0.425 e. The summed E-state index contributed by atoms with van der Waals surface area (Å²) in [7, 11) is 0. The molecule has 1 saturated heterocycles. The molecule has 0 aromatic carbocycles. The Balaban J connectivity index is 2.50. The molecule has 4 nitrogen and oxygen atoms in total. The van der Waals surface area contributed by atoms with Crippen LogP contribution in [0, 0.1) is 0 Å². The molecule has 1 atom stereocenters. The molecule has 0 N–H and O–H groups in total. The Morgan fingerprint density at radius 1 is 1.73 bits per heavy atom. The molecule has 1 unspecified atom stereocenters. The summed E-state index contributed by atoms with van der Waals surface area (Å²) in [6, 6.07) is 0. The average molecular weight is 234 g/mol. The van der Waals surface area contributed by atoms with Crippen molar-refractivity contribution in [3.05, 3.63) is 12.2 Å². The van der Waals surface area contributed by atoms with Gasteiger partial charge in [0.05, 0.1) is 13.2 Å². The third-order valence-electron chi connectivity index (χ3n) is 2.52. The summed E-state index contributed by atoms with van der Waals surface area (Å²) in [4.78, 5) is 11.1. The second-order valence-corrected chi connectivity index (χ2v) is 3.84. The number of ether oxygens (including phenoxy) is 2. The second-order valence-electron chi connectivity index (χ2n) is 3.50. The highest BCUT2D eigenvalue weighted by Gasteiger charge is 2.46. The highest BCUT2D eigenvalue weighted by atomic mass is 35.5. The Hall–Kier alpha value is -0.740. The zero-order chi connectivity index (χ0) is 11.3. The monoisotopic (exact) mass is 233 g/mol. The van der Waals surface area contributed by atoms with E-state index in [-0.39, 0.29) is 0 Å². The lowest BCUT2D eigenvalue weighted by Crippen LogP contribution is -2.45. The van der Waals surface area contributed by atoms with Gasteiger partial charge in [0.1, 0.15) is 12.1 Å². The van der Waals surface area contributed by atoms with Gasteiger partial charge in [-0.15, -0.1) is 0 Å². The summed E-state index contributed by atoms with van der Waals surface area (Å²) in [6.07, 6.45) is 4.03. The molecule has 0 spiro atoms. The van der Waals surface area contributed by atoms with Crippen LogP contribution in [0.1, 0.15) is 20.3 Å². The highest BCUT2D eigenvalue weighted by molar-refractivity contribution is 6.21. The smallest absolute Gasteiger partial charge is 0.425 e. The van der Waals surface area contributed by atoms with E-state index >= 15 is 0 Å². The van der Waals surface area contributed by atoms with E-state index in [4.69, 9.17) is 21.3 Å². The minimum absolute atomic E-state index is 0.293. The van der Waals surface area contributed by atoms with Gasteiger partial charge in [-0.1, -0.05) is 19.1 Å². The van der Waals surface area contributed by atoms with Gasteiger partial charge in [0.2, 0.25) is 0 Å². The van der Waals surface area contributed by atoms with Gasteiger partial charge in [0.15, 0.2) is 0 Å². The summed E-state index contributed by atoms with van der Waals surface area (Å²) in [5, 5.41) is 0. The molecule has 0 bridgehead atoms. The quantitative estimate of drug-likeness (QED) is 0.416. The van der Waals surface area contributed by atoms with Gasteiger partial charge in [-0.05, 0) is 13.3 Å². The molecule has 0 saturated carbocycles. The van der Waals surface area contributed by atoms with Crippen molar-refractivity contribution in [3.63, 3.8) is 0 Å². The van der Waals surface area contributed by atoms with Gasteiger partial charge in [0.25, 0.3) is 0 Å². The van der Waals surface area contributed by atoms with Crippen molar-refractivity contribution in [2.75, 3.05) is 19.8 Å². The first kappa shape index (κ1) is 12.3. The predicted octanol–water partition coefficient (Wildman–Crippen LogP) is 2.33. The largest absolute Gasteiger partial charge is 0.446 e. The van der Waals surface area contributed by atoms with E-state index in [9.17, 15) is 4.79 Å². The molecular formula is C10H16ClNO3. The van der Waals surface area contributed by atoms with Crippen molar-refractivity contribution in [1.82, 2.24) is 4.42 Å². The number of amides is 1. The third kappa shape index (κ3) is 2.63. The number of rotatable bonds is 5. The minimum Gasteiger partial charge on any atom is -0.446 e. The number of carbonyl (C=O) groups is 1. The van der Waals surface area contributed by atoms with Crippen molar-refractivity contribution in [3.8, 4) is 0 Å². The Labute approximate surface area is 94.9 Å². The summed E-state index contributed by atoms with van der Waals surface area (Å²) in [5.74, 6) is 0. The fourth-order valence-electron chi connectivity index (χ4n) is 1.36. The van der Waals surface area contributed by atoms with Gasteiger partial charge in [0, 0.05) is 11.8 Å². The number of halogens is 1. The Morgan fingerprint density at radius 2 is 2.47 bits per heavy atom. The lowest BCUT2D eigenvalue weighted by atomic mass is 10.00. The van der Waals surface area contributed by atoms with Crippen molar-refractivity contribution in [1.29, 1.82) is 0 Å². The molecule has 1 rings (SSSR count). The van der Waals surface area contributed by atoms with Crippen LogP contribution in [0.2, 0.25) is 0 Å². The van der Waals surface area contributed by atoms with Crippen LogP contribution in [0.25, 0.3) is 0 Å². The SMILES string of the molecule is C/C=C/COCC1(CC)COC(=O)N1Cl. The summed E-state index contributed by atoms with van der Waals surface area (Å²) in [6.45, 7) is 5.09. The van der Waals surface area contributed by atoms with Crippen LogP contribution in [0.4, 0.5) is 4.79 Å². The molecule has 1 aliphatic heterocycles. The number of nitrogens with zero attached hydrogens (tertiary/aromatic N) is 1. The molecule has 0 radical (unpaired) electrons. The molecule has 1 aliphatic rings. The Kier molecular flexibility index (Phi) is 4.42. The normalized spacial score (nSPS) is 26.3. The second kappa shape index (κ2) is 5.37. The number of cyclic esters (lactones) is 1. The first-order valence-electron chi connectivity index (χ1n) is 4.98. The summed E-state index contributed by atoms with van der Waals surface area (Å²) >= 11 is 5.86. The maximum atomic E-state index is 11.1. The van der Waals surface area contributed by atoms with Crippen molar-refractivity contribution >= 4 is 17.9 Å². The Bertz CT molecular complexity index is 257. The number of carbonyl (C=O) groups excluding carboxylic acids is 1. The molecule has 0 aromatic heterocycles. The standard InChI is InChI=1S/C10H16ClNO3/c1-3-5-6-14-7-10(4-2)8-15-9(13)12(10)11/h3,5H,4,6-8H2,1-2H3/b5-3+. The van der Waals surface area contributed by atoms with Crippen LogP contribution in [-0.4, -0.2) is 35.9 Å². The first-order chi connectivity index (χ1) is 7.16. The lowest BCUT2D eigenvalue weighted by Gasteiger charge is -2.28. The topological polar surface area (TPSA) is 38.8 Å². The molecule has 86 valence electrons. The van der Waals surface area contributed by atoms with E-state index in [0.717, 1.165) is 4.42 Å². The third-order valence-corrected chi connectivity index (χ3v) is 3.02. The average Bonchev–Trinajstić information content (AvgIpc) is 2.53. The predicted molar refractivity (Wildman–Crippen MR) is 57.7 cm³/mol. The molecule has 0 aliphatic carbocycles. The molecule has 1 heterocycles. The fraction of sp³-hybridized carbons (Fsp3) is 0.700. The lowest BCUT2D eigenvalue weighted by molar-refractivity contribution is 0.0632. The van der Waals surface area contributed by atoms with E-state index < -0.39 is 11.6 Å². The van der Waals surface area contributed by atoms with Crippen molar-refractivity contribution in [2.45, 2.75) is 25.8 Å². The van der Waals surface area contributed by atoms with Crippen LogP contribution in [0.15, 0.2) is 12.2 Å². The summed E-state index contributed by atoms with van der Waals surface area (Å²) in [5.41, 5.74) is -0.514. The Morgan fingerprint density at radius 3 is 2.93 bits per heavy atom. The molecular weight excluding hydrogens is 218 g/mol. The molecule has 1 fully saturated rings. The van der Waals surface area contributed by atoms with Crippen LogP contribution >= 0.6 is 11.8 Å². The highest BCUT2D eigenvalue weighted by Crippen LogP contribution is 2.30. The van der Waals surface area contributed by atoms with E-state index in [1.165, 1.54) is 0 Å². The minimum atomic E-state index is -0.514. The van der Waals surface area contributed by atoms with Gasteiger partial charge in [-0.2, -0.15) is 0 Å². The van der Waals surface area contributed by atoms with Gasteiger partial charge >= 0.3 is 6.09 Å². The zero-order valence-corrected chi connectivity index (χ0v) is 9.79. The fourth-order valence-corrected chi connectivity index (χ4v) is 1.62. The van der Waals surface area contributed by atoms with Gasteiger partial charge < -0.3 is 9.47 Å². The number of hydrogen-bond acceptors (Lipinski definition) is 3. The molecule has 5 heteroatoms. The van der Waals surface area contributed by atoms with Crippen LogP contribution in [0.5, 0.6) is 0 Å². The molecule has 1 amide bonds. The van der Waals surface area contributed by atoms with E-state index in [1.807, 2.05) is 26.0 Å². The van der Waals surface area contributed by atoms with E-state index in [0.29, 0.717) is 26.2 Å². The van der Waals surface area contributed by atoms with Gasteiger partial charge in [-0.3, -0.25) is 0 Å².